The first kappa shape index (κ1) is 15.7. The van der Waals surface area contributed by atoms with Crippen LogP contribution in [0.2, 0.25) is 0 Å². The van der Waals surface area contributed by atoms with E-state index in [-0.39, 0.29) is 6.10 Å². The Morgan fingerprint density at radius 2 is 2.14 bits per heavy atom. The monoisotopic (exact) mass is 316 g/mol. The molecule has 22 heavy (non-hydrogen) atoms. The van der Waals surface area contributed by atoms with Crippen molar-refractivity contribution >= 4 is 11.3 Å². The van der Waals surface area contributed by atoms with Gasteiger partial charge in [-0.2, -0.15) is 0 Å². The van der Waals surface area contributed by atoms with Crippen molar-refractivity contribution in [3.8, 4) is 10.6 Å². The van der Waals surface area contributed by atoms with Gasteiger partial charge in [-0.3, -0.25) is 4.90 Å². The van der Waals surface area contributed by atoms with E-state index in [1.807, 2.05) is 6.92 Å². The van der Waals surface area contributed by atoms with Gasteiger partial charge in [0.05, 0.1) is 11.8 Å². The van der Waals surface area contributed by atoms with Gasteiger partial charge in [-0.15, -0.1) is 11.3 Å². The average Bonchev–Trinajstić information content (AvgIpc) is 3.10. The third-order valence-corrected chi connectivity index (χ3v) is 5.27. The Morgan fingerprint density at radius 1 is 1.36 bits per heavy atom. The molecule has 0 radical (unpaired) electrons. The van der Waals surface area contributed by atoms with E-state index >= 15 is 0 Å². The first-order chi connectivity index (χ1) is 10.6. The molecule has 118 valence electrons. The van der Waals surface area contributed by atoms with E-state index in [4.69, 9.17) is 4.98 Å². The molecule has 1 aliphatic rings. The zero-order chi connectivity index (χ0) is 15.5. The van der Waals surface area contributed by atoms with Gasteiger partial charge in [0.1, 0.15) is 5.01 Å². The summed E-state index contributed by atoms with van der Waals surface area (Å²) in [7, 11) is 0. The van der Waals surface area contributed by atoms with Crippen LogP contribution in [-0.2, 0) is 6.54 Å². The lowest BCUT2D eigenvalue weighted by atomic mass is 10.1. The van der Waals surface area contributed by atoms with E-state index < -0.39 is 0 Å². The van der Waals surface area contributed by atoms with Gasteiger partial charge in [0, 0.05) is 23.5 Å². The topological polar surface area (TPSA) is 36.4 Å². The van der Waals surface area contributed by atoms with Gasteiger partial charge in [0.2, 0.25) is 0 Å². The van der Waals surface area contributed by atoms with Crippen LogP contribution < -0.4 is 0 Å². The fourth-order valence-corrected chi connectivity index (χ4v) is 4.00. The highest BCUT2D eigenvalue weighted by Crippen LogP contribution is 2.27. The van der Waals surface area contributed by atoms with Crippen LogP contribution in [0, 0.1) is 6.92 Å². The van der Waals surface area contributed by atoms with E-state index in [0.29, 0.717) is 6.04 Å². The van der Waals surface area contributed by atoms with E-state index in [1.165, 1.54) is 24.0 Å². The van der Waals surface area contributed by atoms with Crippen molar-refractivity contribution in [2.75, 3.05) is 6.54 Å². The van der Waals surface area contributed by atoms with Gasteiger partial charge in [-0.05, 0) is 39.7 Å². The van der Waals surface area contributed by atoms with E-state index in [2.05, 4.69) is 41.5 Å². The van der Waals surface area contributed by atoms with Gasteiger partial charge in [-0.1, -0.05) is 29.8 Å². The Labute approximate surface area is 136 Å². The number of aryl methyl sites for hydroxylation is 1. The number of hydrogen-bond donors (Lipinski definition) is 1. The van der Waals surface area contributed by atoms with Crippen molar-refractivity contribution in [2.24, 2.45) is 0 Å². The predicted molar refractivity (Wildman–Crippen MR) is 92.0 cm³/mol. The number of aromatic nitrogens is 1. The lowest BCUT2D eigenvalue weighted by Crippen LogP contribution is -2.31. The third kappa shape index (κ3) is 3.75. The van der Waals surface area contributed by atoms with Crippen LogP contribution >= 0.6 is 11.3 Å². The summed E-state index contributed by atoms with van der Waals surface area (Å²) in [5.41, 5.74) is 3.63. The quantitative estimate of drug-likeness (QED) is 0.910. The zero-order valence-electron chi connectivity index (χ0n) is 13.3. The Hall–Kier alpha value is -1.23. The molecule has 1 aliphatic heterocycles. The largest absolute Gasteiger partial charge is 0.393 e. The lowest BCUT2D eigenvalue weighted by Gasteiger charge is -2.24. The fourth-order valence-electron chi connectivity index (χ4n) is 3.18. The standard InChI is InChI=1S/C18H24N2OS/c1-13-5-7-15(8-6-13)18-19-16(12-22-18)11-20-9-3-4-17(20)10-14(2)21/h5-8,12,14,17,21H,3-4,9-11H2,1-2H3. The number of likely N-dealkylation sites (tertiary alicyclic amines) is 1. The minimum absolute atomic E-state index is 0.218. The van der Waals surface area contributed by atoms with Gasteiger partial charge in [0.15, 0.2) is 0 Å². The molecular formula is C18H24N2OS. The molecule has 1 fully saturated rings. The summed E-state index contributed by atoms with van der Waals surface area (Å²) < 4.78 is 0. The smallest absolute Gasteiger partial charge is 0.123 e. The molecule has 1 aromatic carbocycles. The summed E-state index contributed by atoms with van der Waals surface area (Å²) in [5, 5.41) is 12.9. The second-order valence-electron chi connectivity index (χ2n) is 6.36. The number of nitrogens with zero attached hydrogens (tertiary/aromatic N) is 2. The maximum Gasteiger partial charge on any atom is 0.123 e. The highest BCUT2D eigenvalue weighted by atomic mass is 32.1. The number of aliphatic hydroxyl groups excluding tert-OH is 1. The highest BCUT2D eigenvalue weighted by molar-refractivity contribution is 7.13. The van der Waals surface area contributed by atoms with Gasteiger partial charge in [-0.25, -0.2) is 4.98 Å². The van der Waals surface area contributed by atoms with Crippen molar-refractivity contribution in [3.63, 3.8) is 0 Å². The predicted octanol–water partition coefficient (Wildman–Crippen LogP) is 3.85. The molecule has 3 nitrogen and oxygen atoms in total. The van der Waals surface area contributed by atoms with Crippen LogP contribution in [-0.4, -0.2) is 33.7 Å². The first-order valence-corrected chi connectivity index (χ1v) is 8.93. The second kappa shape index (κ2) is 6.90. The lowest BCUT2D eigenvalue weighted by molar-refractivity contribution is 0.130. The molecule has 1 saturated heterocycles. The summed E-state index contributed by atoms with van der Waals surface area (Å²) in [4.78, 5) is 7.27. The number of hydrogen-bond acceptors (Lipinski definition) is 4. The van der Waals surface area contributed by atoms with Gasteiger partial charge < -0.3 is 5.11 Å². The molecule has 0 saturated carbocycles. The van der Waals surface area contributed by atoms with Crippen molar-refractivity contribution in [1.29, 1.82) is 0 Å². The average molecular weight is 316 g/mol. The number of aliphatic hydroxyl groups is 1. The van der Waals surface area contributed by atoms with E-state index in [1.54, 1.807) is 11.3 Å². The molecule has 3 rings (SSSR count). The Balaban J connectivity index is 1.67. The van der Waals surface area contributed by atoms with Crippen molar-refractivity contribution < 1.29 is 5.11 Å². The minimum atomic E-state index is -0.218. The number of rotatable bonds is 5. The molecule has 0 spiro atoms. The molecule has 0 amide bonds. The summed E-state index contributed by atoms with van der Waals surface area (Å²) in [6.07, 6.45) is 3.07. The molecule has 0 aliphatic carbocycles. The van der Waals surface area contributed by atoms with E-state index in [9.17, 15) is 5.11 Å². The molecule has 1 N–H and O–H groups in total. The van der Waals surface area contributed by atoms with Crippen LogP contribution in [0.15, 0.2) is 29.6 Å². The normalized spacial score (nSPS) is 20.4. The maximum absolute atomic E-state index is 9.63. The van der Waals surface area contributed by atoms with Crippen molar-refractivity contribution in [2.45, 2.75) is 51.8 Å². The Kier molecular flexibility index (Phi) is 4.91. The molecule has 2 unspecified atom stereocenters. The SMILES string of the molecule is Cc1ccc(-c2nc(CN3CCCC3CC(C)O)cs2)cc1. The highest BCUT2D eigenvalue weighted by Gasteiger charge is 2.26. The molecule has 1 aromatic heterocycles. The maximum atomic E-state index is 9.63. The molecule has 2 heterocycles. The van der Waals surface area contributed by atoms with Crippen molar-refractivity contribution in [3.05, 3.63) is 40.9 Å². The zero-order valence-corrected chi connectivity index (χ0v) is 14.1. The fraction of sp³-hybridized carbons (Fsp3) is 0.500. The van der Waals surface area contributed by atoms with Crippen LogP contribution in [0.5, 0.6) is 0 Å². The summed E-state index contributed by atoms with van der Waals surface area (Å²) in [6, 6.07) is 9.06. The van der Waals surface area contributed by atoms with Crippen LogP contribution in [0.1, 0.15) is 37.4 Å². The second-order valence-corrected chi connectivity index (χ2v) is 7.22. The molecule has 4 heteroatoms. The molecular weight excluding hydrogens is 292 g/mol. The molecule has 2 aromatic rings. The Bertz CT molecular complexity index is 606. The van der Waals surface area contributed by atoms with Crippen LogP contribution in [0.3, 0.4) is 0 Å². The van der Waals surface area contributed by atoms with Gasteiger partial charge in [0.25, 0.3) is 0 Å². The van der Waals surface area contributed by atoms with E-state index in [0.717, 1.165) is 30.2 Å². The summed E-state index contributed by atoms with van der Waals surface area (Å²) >= 11 is 1.72. The summed E-state index contributed by atoms with van der Waals surface area (Å²) in [5.74, 6) is 0. The Morgan fingerprint density at radius 3 is 2.86 bits per heavy atom. The van der Waals surface area contributed by atoms with Crippen molar-refractivity contribution in [1.82, 2.24) is 9.88 Å². The third-order valence-electron chi connectivity index (χ3n) is 4.33. The minimum Gasteiger partial charge on any atom is -0.393 e. The number of benzene rings is 1. The van der Waals surface area contributed by atoms with Crippen LogP contribution in [0.25, 0.3) is 10.6 Å². The molecule has 2 atom stereocenters. The molecule has 0 bridgehead atoms. The first-order valence-electron chi connectivity index (χ1n) is 8.05. The van der Waals surface area contributed by atoms with Crippen LogP contribution in [0.4, 0.5) is 0 Å². The number of thiazole rings is 1. The summed E-state index contributed by atoms with van der Waals surface area (Å²) in [6.45, 7) is 6.01. The van der Waals surface area contributed by atoms with Gasteiger partial charge >= 0.3 is 0 Å².